The summed E-state index contributed by atoms with van der Waals surface area (Å²) in [7, 11) is 1.67. The lowest BCUT2D eigenvalue weighted by atomic mass is 9.99. The third-order valence-electron chi connectivity index (χ3n) is 4.30. The average Bonchev–Trinajstić information content (AvgIpc) is 2.54. The number of hydrogen-bond donors (Lipinski definition) is 0. The summed E-state index contributed by atoms with van der Waals surface area (Å²) >= 11 is 0. The van der Waals surface area contributed by atoms with Gasteiger partial charge in [-0.25, -0.2) is 0 Å². The molecule has 3 nitrogen and oxygen atoms in total. The highest BCUT2D eigenvalue weighted by molar-refractivity contribution is 5.79. The number of amides is 1. The molecule has 0 bridgehead atoms. The number of nitrogens with zero attached hydrogens (tertiary/aromatic N) is 1. The van der Waals surface area contributed by atoms with Crippen molar-refractivity contribution in [1.82, 2.24) is 4.90 Å². The van der Waals surface area contributed by atoms with E-state index < -0.39 is 0 Å². The molecule has 0 aromatic heterocycles. The van der Waals surface area contributed by atoms with Crippen LogP contribution in [0.4, 0.5) is 0 Å². The second kappa shape index (κ2) is 6.22. The SMILES string of the molecule is COc1ccc(CC(=O)N2CCc3ccccc3C2)cc1C. The van der Waals surface area contributed by atoms with Gasteiger partial charge in [0.1, 0.15) is 5.75 Å². The van der Waals surface area contributed by atoms with Gasteiger partial charge in [-0.3, -0.25) is 4.79 Å². The fourth-order valence-corrected chi connectivity index (χ4v) is 3.05. The molecule has 3 heteroatoms. The van der Waals surface area contributed by atoms with E-state index in [1.807, 2.05) is 36.1 Å². The van der Waals surface area contributed by atoms with Gasteiger partial charge < -0.3 is 9.64 Å². The van der Waals surface area contributed by atoms with E-state index in [2.05, 4.69) is 18.2 Å². The summed E-state index contributed by atoms with van der Waals surface area (Å²) in [5.74, 6) is 1.06. The van der Waals surface area contributed by atoms with Gasteiger partial charge in [0.05, 0.1) is 13.5 Å². The first kappa shape index (κ1) is 14.6. The molecule has 2 aromatic carbocycles. The molecular formula is C19H21NO2. The van der Waals surface area contributed by atoms with E-state index in [1.165, 1.54) is 11.1 Å². The fourth-order valence-electron chi connectivity index (χ4n) is 3.05. The minimum atomic E-state index is 0.194. The van der Waals surface area contributed by atoms with E-state index in [9.17, 15) is 4.79 Å². The summed E-state index contributed by atoms with van der Waals surface area (Å²) in [6.07, 6.45) is 1.40. The van der Waals surface area contributed by atoms with Gasteiger partial charge in [0.2, 0.25) is 5.91 Å². The van der Waals surface area contributed by atoms with Crippen molar-refractivity contribution in [2.45, 2.75) is 26.3 Å². The molecule has 0 unspecified atom stereocenters. The van der Waals surface area contributed by atoms with Crippen LogP contribution in [0.2, 0.25) is 0 Å². The molecule has 0 saturated carbocycles. The maximum Gasteiger partial charge on any atom is 0.227 e. The first-order valence-electron chi connectivity index (χ1n) is 7.65. The Labute approximate surface area is 131 Å². The largest absolute Gasteiger partial charge is 0.496 e. The van der Waals surface area contributed by atoms with Gasteiger partial charge >= 0.3 is 0 Å². The zero-order chi connectivity index (χ0) is 15.5. The van der Waals surface area contributed by atoms with Crippen LogP contribution in [0.5, 0.6) is 5.75 Å². The van der Waals surface area contributed by atoms with E-state index in [-0.39, 0.29) is 5.91 Å². The Morgan fingerprint density at radius 3 is 2.68 bits per heavy atom. The Morgan fingerprint density at radius 2 is 1.95 bits per heavy atom. The lowest BCUT2D eigenvalue weighted by Crippen LogP contribution is -2.36. The lowest BCUT2D eigenvalue weighted by Gasteiger charge is -2.29. The van der Waals surface area contributed by atoms with Gasteiger partial charge in [-0.15, -0.1) is 0 Å². The Morgan fingerprint density at radius 1 is 1.18 bits per heavy atom. The van der Waals surface area contributed by atoms with E-state index in [4.69, 9.17) is 4.74 Å². The quantitative estimate of drug-likeness (QED) is 0.870. The first-order valence-corrected chi connectivity index (χ1v) is 7.65. The molecule has 1 aliphatic rings. The Kier molecular flexibility index (Phi) is 4.14. The summed E-state index contributed by atoms with van der Waals surface area (Å²) in [5.41, 5.74) is 4.75. The van der Waals surface area contributed by atoms with E-state index in [1.54, 1.807) is 7.11 Å². The minimum Gasteiger partial charge on any atom is -0.496 e. The Bertz CT molecular complexity index is 694. The average molecular weight is 295 g/mol. The van der Waals surface area contributed by atoms with Crippen molar-refractivity contribution < 1.29 is 9.53 Å². The van der Waals surface area contributed by atoms with E-state index >= 15 is 0 Å². The molecule has 1 heterocycles. The number of hydrogen-bond acceptors (Lipinski definition) is 2. The molecule has 0 radical (unpaired) electrons. The number of aryl methyl sites for hydroxylation is 1. The van der Waals surface area contributed by atoms with Crippen molar-refractivity contribution in [3.63, 3.8) is 0 Å². The van der Waals surface area contributed by atoms with Crippen molar-refractivity contribution in [1.29, 1.82) is 0 Å². The molecular weight excluding hydrogens is 274 g/mol. The fraction of sp³-hybridized carbons (Fsp3) is 0.316. The van der Waals surface area contributed by atoms with Gasteiger partial charge in [0.15, 0.2) is 0 Å². The van der Waals surface area contributed by atoms with E-state index in [0.29, 0.717) is 6.42 Å². The van der Waals surface area contributed by atoms with Crippen molar-refractivity contribution in [3.05, 3.63) is 64.7 Å². The smallest absolute Gasteiger partial charge is 0.227 e. The molecule has 0 spiro atoms. The molecule has 0 N–H and O–H groups in total. The third kappa shape index (κ3) is 2.98. The summed E-state index contributed by atoms with van der Waals surface area (Å²) in [6.45, 7) is 3.54. The van der Waals surface area contributed by atoms with Crippen molar-refractivity contribution in [2.24, 2.45) is 0 Å². The highest BCUT2D eigenvalue weighted by Crippen LogP contribution is 2.21. The molecule has 0 atom stereocenters. The molecule has 1 amide bonds. The van der Waals surface area contributed by atoms with Crippen LogP contribution in [-0.4, -0.2) is 24.5 Å². The van der Waals surface area contributed by atoms with Crippen LogP contribution in [-0.2, 0) is 24.2 Å². The molecule has 3 rings (SSSR count). The number of fused-ring (bicyclic) bond motifs is 1. The Hall–Kier alpha value is -2.29. The van der Waals surface area contributed by atoms with Crippen LogP contribution in [0, 0.1) is 6.92 Å². The van der Waals surface area contributed by atoms with Gasteiger partial charge in [-0.1, -0.05) is 36.4 Å². The van der Waals surface area contributed by atoms with Crippen LogP contribution >= 0.6 is 0 Å². The van der Waals surface area contributed by atoms with Crippen LogP contribution in [0.15, 0.2) is 42.5 Å². The zero-order valence-corrected chi connectivity index (χ0v) is 13.1. The molecule has 22 heavy (non-hydrogen) atoms. The van der Waals surface area contributed by atoms with Gasteiger partial charge in [0.25, 0.3) is 0 Å². The third-order valence-corrected chi connectivity index (χ3v) is 4.30. The van der Waals surface area contributed by atoms with Crippen LogP contribution in [0.25, 0.3) is 0 Å². The van der Waals surface area contributed by atoms with Crippen molar-refractivity contribution in [3.8, 4) is 5.75 Å². The maximum absolute atomic E-state index is 12.5. The molecule has 1 aliphatic heterocycles. The molecule has 0 aliphatic carbocycles. The first-order chi connectivity index (χ1) is 10.7. The summed E-state index contributed by atoms with van der Waals surface area (Å²) < 4.78 is 5.26. The number of carbonyl (C=O) groups excluding carboxylic acids is 1. The number of rotatable bonds is 3. The lowest BCUT2D eigenvalue weighted by molar-refractivity contribution is -0.131. The predicted octanol–water partition coefficient (Wildman–Crippen LogP) is 3.13. The molecule has 0 fully saturated rings. The highest BCUT2D eigenvalue weighted by Gasteiger charge is 2.20. The zero-order valence-electron chi connectivity index (χ0n) is 13.1. The van der Waals surface area contributed by atoms with E-state index in [0.717, 1.165) is 36.4 Å². The summed E-state index contributed by atoms with van der Waals surface area (Å²) in [6, 6.07) is 14.3. The van der Waals surface area contributed by atoms with Crippen molar-refractivity contribution in [2.75, 3.05) is 13.7 Å². The van der Waals surface area contributed by atoms with Crippen LogP contribution < -0.4 is 4.74 Å². The molecule has 114 valence electrons. The maximum atomic E-state index is 12.5. The second-order valence-electron chi connectivity index (χ2n) is 5.81. The number of ether oxygens (including phenoxy) is 1. The van der Waals surface area contributed by atoms with Gasteiger partial charge in [-0.2, -0.15) is 0 Å². The number of methoxy groups -OCH3 is 1. The number of carbonyl (C=O) groups is 1. The normalized spacial score (nSPS) is 13.6. The summed E-state index contributed by atoms with van der Waals surface area (Å²) in [5, 5.41) is 0. The van der Waals surface area contributed by atoms with Crippen LogP contribution in [0.3, 0.4) is 0 Å². The standard InChI is InChI=1S/C19H21NO2/c1-14-11-15(7-8-18(14)22-2)12-19(21)20-10-9-16-5-3-4-6-17(16)13-20/h3-8,11H,9-10,12-13H2,1-2H3. The highest BCUT2D eigenvalue weighted by atomic mass is 16.5. The predicted molar refractivity (Wildman–Crippen MR) is 87.0 cm³/mol. The van der Waals surface area contributed by atoms with Gasteiger partial charge in [0, 0.05) is 13.1 Å². The Balaban J connectivity index is 1.69. The molecule has 2 aromatic rings. The topological polar surface area (TPSA) is 29.5 Å². The monoisotopic (exact) mass is 295 g/mol. The number of benzene rings is 2. The van der Waals surface area contributed by atoms with Gasteiger partial charge in [-0.05, 0) is 41.7 Å². The minimum absolute atomic E-state index is 0.194. The second-order valence-corrected chi connectivity index (χ2v) is 5.81. The van der Waals surface area contributed by atoms with Crippen molar-refractivity contribution >= 4 is 5.91 Å². The summed E-state index contributed by atoms with van der Waals surface area (Å²) in [4.78, 5) is 14.5. The van der Waals surface area contributed by atoms with Crippen LogP contribution in [0.1, 0.15) is 22.3 Å². The molecule has 0 saturated heterocycles.